The summed E-state index contributed by atoms with van der Waals surface area (Å²) >= 11 is 0. The summed E-state index contributed by atoms with van der Waals surface area (Å²) in [6.07, 6.45) is 1.63. The normalized spacial score (nSPS) is 11.0. The van der Waals surface area contributed by atoms with E-state index in [1.165, 1.54) is 9.20 Å². The summed E-state index contributed by atoms with van der Waals surface area (Å²) < 4.78 is 7.99. The maximum atomic E-state index is 12.9. The molecule has 1 amide bonds. The Bertz CT molecular complexity index is 1140. The Balaban J connectivity index is 2.28. The van der Waals surface area contributed by atoms with Gasteiger partial charge in [0.2, 0.25) is 0 Å². The SMILES string of the molecule is COc1ccc(-c2ccn3c2c(O)c(C(=O)NCC(=O)O)c(=O)n3C(C)C)cc1. The third-order valence-corrected chi connectivity index (χ3v) is 4.50. The van der Waals surface area contributed by atoms with Crippen molar-refractivity contribution in [2.24, 2.45) is 0 Å². The Labute approximate surface area is 165 Å². The summed E-state index contributed by atoms with van der Waals surface area (Å²) in [5.41, 5.74) is 0.399. The number of nitrogens with zero attached hydrogens (tertiary/aromatic N) is 2. The Morgan fingerprint density at radius 1 is 1.17 bits per heavy atom. The number of carbonyl (C=O) groups excluding carboxylic acids is 1. The van der Waals surface area contributed by atoms with Gasteiger partial charge in [0.15, 0.2) is 5.75 Å². The van der Waals surface area contributed by atoms with Crippen molar-refractivity contribution in [2.75, 3.05) is 13.7 Å². The van der Waals surface area contributed by atoms with Crippen LogP contribution in [0.2, 0.25) is 0 Å². The Hall–Kier alpha value is -3.75. The molecular weight excluding hydrogens is 378 g/mol. The largest absolute Gasteiger partial charge is 0.505 e. The first-order chi connectivity index (χ1) is 13.8. The molecular formula is C20H21N3O6. The van der Waals surface area contributed by atoms with Crippen molar-refractivity contribution < 1.29 is 24.5 Å². The third kappa shape index (κ3) is 3.54. The maximum absolute atomic E-state index is 12.9. The number of carboxylic acids is 1. The molecule has 0 unspecified atom stereocenters. The van der Waals surface area contributed by atoms with Crippen molar-refractivity contribution in [3.8, 4) is 22.6 Å². The predicted octanol–water partition coefficient (Wildman–Crippen LogP) is 1.88. The van der Waals surface area contributed by atoms with Gasteiger partial charge in [-0.1, -0.05) is 12.1 Å². The summed E-state index contributed by atoms with van der Waals surface area (Å²) in [5, 5.41) is 21.8. The zero-order chi connectivity index (χ0) is 21.3. The molecule has 3 aromatic rings. The van der Waals surface area contributed by atoms with Crippen LogP contribution in [0.15, 0.2) is 41.3 Å². The zero-order valence-corrected chi connectivity index (χ0v) is 16.2. The number of benzene rings is 1. The van der Waals surface area contributed by atoms with Gasteiger partial charge in [0.05, 0.1) is 7.11 Å². The van der Waals surface area contributed by atoms with Crippen molar-refractivity contribution in [3.63, 3.8) is 0 Å². The molecule has 3 N–H and O–H groups in total. The second-order valence-corrected chi connectivity index (χ2v) is 6.69. The van der Waals surface area contributed by atoms with Crippen LogP contribution in [0.4, 0.5) is 0 Å². The number of carboxylic acid groups (broad SMARTS) is 1. The van der Waals surface area contributed by atoms with E-state index in [1.807, 2.05) is 0 Å². The van der Waals surface area contributed by atoms with Gasteiger partial charge in [-0.2, -0.15) is 0 Å². The molecule has 2 aromatic heterocycles. The van der Waals surface area contributed by atoms with Crippen molar-refractivity contribution in [1.82, 2.24) is 14.5 Å². The molecule has 0 saturated carbocycles. The number of nitrogens with one attached hydrogen (secondary N) is 1. The lowest BCUT2D eigenvalue weighted by atomic mass is 10.1. The number of aromatic nitrogens is 2. The first-order valence-corrected chi connectivity index (χ1v) is 8.89. The van der Waals surface area contributed by atoms with Crippen molar-refractivity contribution in [2.45, 2.75) is 19.9 Å². The van der Waals surface area contributed by atoms with Gasteiger partial charge < -0.3 is 20.3 Å². The van der Waals surface area contributed by atoms with Crippen LogP contribution in [-0.2, 0) is 4.79 Å². The van der Waals surface area contributed by atoms with E-state index in [0.717, 1.165) is 5.56 Å². The van der Waals surface area contributed by atoms with Crippen molar-refractivity contribution in [3.05, 3.63) is 52.4 Å². The molecule has 0 saturated heterocycles. The summed E-state index contributed by atoms with van der Waals surface area (Å²) in [5.74, 6) is -2.06. The molecule has 1 aromatic carbocycles. The maximum Gasteiger partial charge on any atom is 0.322 e. The van der Waals surface area contributed by atoms with Crippen LogP contribution in [-0.4, -0.2) is 44.9 Å². The fourth-order valence-electron chi connectivity index (χ4n) is 3.21. The lowest BCUT2D eigenvalue weighted by Gasteiger charge is -2.17. The second-order valence-electron chi connectivity index (χ2n) is 6.69. The number of hydrogen-bond acceptors (Lipinski definition) is 5. The topological polar surface area (TPSA) is 122 Å². The number of fused-ring (bicyclic) bond motifs is 1. The van der Waals surface area contributed by atoms with Crippen LogP contribution in [0.25, 0.3) is 16.6 Å². The van der Waals surface area contributed by atoms with Crippen LogP contribution in [0.1, 0.15) is 30.2 Å². The number of aliphatic carboxylic acids is 1. The van der Waals surface area contributed by atoms with Crippen LogP contribution in [0, 0.1) is 0 Å². The summed E-state index contributed by atoms with van der Waals surface area (Å²) in [4.78, 5) is 36.2. The number of rotatable bonds is 6. The average molecular weight is 399 g/mol. The van der Waals surface area contributed by atoms with Crippen molar-refractivity contribution >= 4 is 17.4 Å². The number of hydrogen-bond donors (Lipinski definition) is 3. The van der Waals surface area contributed by atoms with Gasteiger partial charge in [0, 0.05) is 17.8 Å². The van der Waals surface area contributed by atoms with E-state index in [9.17, 15) is 19.5 Å². The monoisotopic (exact) mass is 399 g/mol. The molecule has 29 heavy (non-hydrogen) atoms. The van der Waals surface area contributed by atoms with E-state index >= 15 is 0 Å². The smallest absolute Gasteiger partial charge is 0.322 e. The highest BCUT2D eigenvalue weighted by Crippen LogP contribution is 2.34. The van der Waals surface area contributed by atoms with Gasteiger partial charge in [-0.25, -0.2) is 4.68 Å². The van der Waals surface area contributed by atoms with Gasteiger partial charge in [0.1, 0.15) is 23.4 Å². The van der Waals surface area contributed by atoms with Gasteiger partial charge >= 0.3 is 5.97 Å². The van der Waals surface area contributed by atoms with Gasteiger partial charge in [-0.3, -0.25) is 18.9 Å². The summed E-state index contributed by atoms with van der Waals surface area (Å²) in [6.45, 7) is 2.87. The second kappa shape index (κ2) is 7.70. The Morgan fingerprint density at radius 2 is 1.83 bits per heavy atom. The fraction of sp³-hybridized carbons (Fsp3) is 0.250. The number of amides is 1. The molecule has 0 spiro atoms. The molecule has 2 heterocycles. The van der Waals surface area contributed by atoms with E-state index in [2.05, 4.69) is 5.32 Å². The minimum Gasteiger partial charge on any atom is -0.505 e. The third-order valence-electron chi connectivity index (χ3n) is 4.50. The number of aromatic hydroxyl groups is 1. The zero-order valence-electron chi connectivity index (χ0n) is 16.2. The highest BCUT2D eigenvalue weighted by atomic mass is 16.5. The standard InChI is InChI=1S/C20H21N3O6/c1-11(2)23-20(28)16(19(27)21-10-15(24)25)18(26)17-14(8-9-22(17)23)12-4-6-13(29-3)7-5-12/h4-9,11,26H,10H2,1-3H3,(H,21,27)(H,24,25). The first-order valence-electron chi connectivity index (χ1n) is 8.89. The molecule has 0 atom stereocenters. The molecule has 3 rings (SSSR count). The molecule has 0 fully saturated rings. The first kappa shape index (κ1) is 20.0. The van der Waals surface area contributed by atoms with Crippen LogP contribution in [0.3, 0.4) is 0 Å². The predicted molar refractivity (Wildman–Crippen MR) is 106 cm³/mol. The van der Waals surface area contributed by atoms with Crippen molar-refractivity contribution in [1.29, 1.82) is 0 Å². The van der Waals surface area contributed by atoms with E-state index in [1.54, 1.807) is 57.5 Å². The van der Waals surface area contributed by atoms with Crippen LogP contribution < -0.4 is 15.6 Å². The lowest BCUT2D eigenvalue weighted by Crippen LogP contribution is -2.38. The minimum absolute atomic E-state index is 0.268. The van der Waals surface area contributed by atoms with Gasteiger partial charge in [-0.15, -0.1) is 0 Å². The average Bonchev–Trinajstić information content (AvgIpc) is 3.11. The molecule has 9 nitrogen and oxygen atoms in total. The number of carbonyl (C=O) groups is 2. The molecule has 0 aliphatic carbocycles. The van der Waals surface area contributed by atoms with Crippen LogP contribution >= 0.6 is 0 Å². The summed E-state index contributed by atoms with van der Waals surface area (Å²) in [7, 11) is 1.55. The molecule has 0 aliphatic heterocycles. The number of ether oxygens (including phenoxy) is 1. The molecule has 152 valence electrons. The van der Waals surface area contributed by atoms with Crippen LogP contribution in [0.5, 0.6) is 11.5 Å². The molecule has 0 radical (unpaired) electrons. The highest BCUT2D eigenvalue weighted by molar-refractivity contribution is 6.01. The fourth-order valence-corrected chi connectivity index (χ4v) is 3.21. The summed E-state index contributed by atoms with van der Waals surface area (Å²) in [6, 6.07) is 8.51. The Kier molecular flexibility index (Phi) is 5.31. The van der Waals surface area contributed by atoms with Gasteiger partial charge in [-0.05, 0) is 37.6 Å². The molecule has 0 bridgehead atoms. The molecule has 0 aliphatic rings. The van der Waals surface area contributed by atoms with E-state index in [4.69, 9.17) is 9.84 Å². The van der Waals surface area contributed by atoms with E-state index in [0.29, 0.717) is 11.3 Å². The highest BCUT2D eigenvalue weighted by Gasteiger charge is 2.25. The Morgan fingerprint density at radius 3 is 2.38 bits per heavy atom. The van der Waals surface area contributed by atoms with Gasteiger partial charge in [0.25, 0.3) is 11.5 Å². The minimum atomic E-state index is -1.26. The quantitative estimate of drug-likeness (QED) is 0.582. The van der Waals surface area contributed by atoms with E-state index in [-0.39, 0.29) is 11.6 Å². The van der Waals surface area contributed by atoms with E-state index < -0.39 is 35.3 Å². The molecule has 9 heteroatoms. The number of methoxy groups -OCH3 is 1. The lowest BCUT2D eigenvalue weighted by molar-refractivity contribution is -0.135.